The van der Waals surface area contributed by atoms with E-state index in [9.17, 15) is 0 Å². The van der Waals surface area contributed by atoms with Gasteiger partial charge in [-0.1, -0.05) is 29.8 Å². The molecule has 0 unspecified atom stereocenters. The van der Waals surface area contributed by atoms with E-state index in [0.29, 0.717) is 13.1 Å². The van der Waals surface area contributed by atoms with Crippen LogP contribution in [0, 0.1) is 0 Å². The molecule has 0 spiro atoms. The van der Waals surface area contributed by atoms with Crippen LogP contribution in [-0.2, 0) is 13.1 Å². The van der Waals surface area contributed by atoms with Crippen molar-refractivity contribution in [2.24, 2.45) is 4.99 Å². The largest absolute Gasteiger partial charge is 0.357 e. The van der Waals surface area contributed by atoms with E-state index in [1.165, 1.54) is 0 Å². The smallest absolute Gasteiger partial charge is 0.191 e. The van der Waals surface area contributed by atoms with Crippen LogP contribution >= 0.6 is 35.6 Å². The molecular weight excluding hydrogens is 475 g/mol. The number of benzene rings is 1. The van der Waals surface area contributed by atoms with Crippen LogP contribution in [0.4, 0.5) is 0 Å². The molecule has 0 aliphatic carbocycles. The molecule has 0 saturated heterocycles. The van der Waals surface area contributed by atoms with Crippen LogP contribution in [0.2, 0.25) is 5.02 Å². The van der Waals surface area contributed by atoms with E-state index < -0.39 is 0 Å². The summed E-state index contributed by atoms with van der Waals surface area (Å²) in [7, 11) is 0. The van der Waals surface area contributed by atoms with Gasteiger partial charge in [0.15, 0.2) is 5.96 Å². The Morgan fingerprint density at radius 3 is 2.74 bits per heavy atom. The fourth-order valence-corrected chi connectivity index (χ4v) is 2.62. The third kappa shape index (κ3) is 6.51. The third-order valence-corrected chi connectivity index (χ3v) is 3.93. The van der Waals surface area contributed by atoms with Crippen molar-refractivity contribution in [2.45, 2.75) is 20.0 Å². The van der Waals surface area contributed by atoms with Crippen molar-refractivity contribution < 1.29 is 0 Å². The van der Waals surface area contributed by atoms with Crippen LogP contribution in [-0.4, -0.2) is 27.0 Å². The zero-order valence-corrected chi connectivity index (χ0v) is 18.1. The lowest BCUT2D eigenvalue weighted by molar-refractivity contribution is 0.815. The Balaban J connectivity index is 0.00000261. The summed E-state index contributed by atoms with van der Waals surface area (Å²) in [6.45, 7) is 4.03. The molecule has 0 radical (unpaired) electrons. The lowest BCUT2D eigenvalue weighted by atomic mass is 10.2. The Morgan fingerprint density at radius 1 is 1.19 bits per heavy atom. The van der Waals surface area contributed by atoms with Crippen LogP contribution in [0.15, 0.2) is 66.3 Å². The monoisotopic (exact) mass is 496 g/mol. The van der Waals surface area contributed by atoms with E-state index in [4.69, 9.17) is 11.6 Å². The van der Waals surface area contributed by atoms with Gasteiger partial charge in [-0.3, -0.25) is 4.57 Å². The number of aromatic nitrogens is 3. The van der Waals surface area contributed by atoms with Gasteiger partial charge in [0.1, 0.15) is 12.1 Å². The minimum absolute atomic E-state index is 0. The maximum Gasteiger partial charge on any atom is 0.191 e. The molecule has 0 aliphatic rings. The Morgan fingerprint density at radius 2 is 2.07 bits per heavy atom. The fourth-order valence-electron chi connectivity index (χ4n) is 2.40. The molecular formula is C19H22ClIN6. The van der Waals surface area contributed by atoms with Gasteiger partial charge in [-0.15, -0.1) is 24.0 Å². The number of hydrogen-bond donors (Lipinski definition) is 2. The van der Waals surface area contributed by atoms with Crippen LogP contribution < -0.4 is 10.6 Å². The first kappa shape index (κ1) is 21.2. The molecule has 0 amide bonds. The quantitative estimate of drug-likeness (QED) is 0.310. The zero-order valence-electron chi connectivity index (χ0n) is 15.0. The molecule has 142 valence electrons. The van der Waals surface area contributed by atoms with Crippen LogP contribution in [0.25, 0.3) is 5.82 Å². The summed E-state index contributed by atoms with van der Waals surface area (Å²) < 4.78 is 1.86. The summed E-state index contributed by atoms with van der Waals surface area (Å²) in [6, 6.07) is 11.8. The topological polar surface area (TPSA) is 67.1 Å². The molecule has 3 aromatic rings. The molecule has 8 heteroatoms. The van der Waals surface area contributed by atoms with Crippen LogP contribution in [0.1, 0.15) is 18.1 Å². The molecule has 1 aromatic carbocycles. The predicted molar refractivity (Wildman–Crippen MR) is 120 cm³/mol. The lowest BCUT2D eigenvalue weighted by Crippen LogP contribution is -2.36. The van der Waals surface area contributed by atoms with Crippen molar-refractivity contribution in [2.75, 3.05) is 6.54 Å². The van der Waals surface area contributed by atoms with Gasteiger partial charge in [0, 0.05) is 36.7 Å². The molecule has 0 saturated carbocycles. The Kier molecular flexibility index (Phi) is 8.53. The summed E-state index contributed by atoms with van der Waals surface area (Å²) in [4.78, 5) is 13.1. The van der Waals surface area contributed by atoms with Crippen molar-refractivity contribution >= 4 is 41.5 Å². The molecule has 27 heavy (non-hydrogen) atoms. The maximum atomic E-state index is 6.03. The lowest BCUT2D eigenvalue weighted by Gasteiger charge is -2.11. The highest BCUT2D eigenvalue weighted by Crippen LogP contribution is 2.10. The SMILES string of the molecule is CCNC(=NCc1ccc(-n2ccnc2)nc1)NCc1cccc(Cl)c1.I. The second-order valence-electron chi connectivity index (χ2n) is 5.67. The van der Waals surface area contributed by atoms with Crippen molar-refractivity contribution in [3.8, 4) is 5.82 Å². The van der Waals surface area contributed by atoms with Crippen LogP contribution in [0.5, 0.6) is 0 Å². The van der Waals surface area contributed by atoms with Crippen molar-refractivity contribution in [3.63, 3.8) is 0 Å². The molecule has 2 N–H and O–H groups in total. The molecule has 0 atom stereocenters. The van der Waals surface area contributed by atoms with E-state index in [-0.39, 0.29) is 24.0 Å². The van der Waals surface area contributed by atoms with Crippen LogP contribution in [0.3, 0.4) is 0 Å². The predicted octanol–water partition coefficient (Wildman–Crippen LogP) is 3.79. The van der Waals surface area contributed by atoms with E-state index in [2.05, 4.69) is 25.6 Å². The number of guanidine groups is 1. The molecule has 0 aliphatic heterocycles. The van der Waals surface area contributed by atoms with Gasteiger partial charge in [-0.25, -0.2) is 15.0 Å². The number of nitrogens with zero attached hydrogens (tertiary/aromatic N) is 4. The van der Waals surface area contributed by atoms with Gasteiger partial charge >= 0.3 is 0 Å². The van der Waals surface area contributed by atoms with Crippen molar-refractivity contribution in [1.29, 1.82) is 0 Å². The molecule has 0 bridgehead atoms. The van der Waals surface area contributed by atoms with E-state index in [1.807, 2.05) is 60.3 Å². The third-order valence-electron chi connectivity index (χ3n) is 3.69. The second kappa shape index (κ2) is 10.9. The first-order valence-electron chi connectivity index (χ1n) is 8.44. The van der Waals surface area contributed by atoms with E-state index >= 15 is 0 Å². The van der Waals surface area contributed by atoms with Gasteiger partial charge < -0.3 is 10.6 Å². The van der Waals surface area contributed by atoms with Gasteiger partial charge in [-0.05, 0) is 36.2 Å². The molecule has 3 rings (SSSR count). The Bertz CT molecular complexity index is 849. The number of hydrogen-bond acceptors (Lipinski definition) is 3. The summed E-state index contributed by atoms with van der Waals surface area (Å²) in [5.74, 6) is 1.59. The maximum absolute atomic E-state index is 6.03. The number of pyridine rings is 1. The minimum Gasteiger partial charge on any atom is -0.357 e. The summed E-state index contributed by atoms with van der Waals surface area (Å²) in [5, 5.41) is 7.29. The van der Waals surface area contributed by atoms with E-state index in [1.54, 1.807) is 12.5 Å². The number of nitrogens with one attached hydrogen (secondary N) is 2. The Labute approximate surface area is 181 Å². The molecule has 2 heterocycles. The average molecular weight is 497 g/mol. The minimum atomic E-state index is 0. The highest BCUT2D eigenvalue weighted by Gasteiger charge is 2.01. The van der Waals surface area contributed by atoms with Gasteiger partial charge in [0.05, 0.1) is 6.54 Å². The molecule has 6 nitrogen and oxygen atoms in total. The standard InChI is InChI=1S/C19H21ClN6.HI/c1-2-22-19(24-11-15-4-3-5-17(20)10-15)25-13-16-6-7-18(23-12-16)26-9-8-21-14-26;/h3-10,12,14H,2,11,13H2,1H3,(H2,22,24,25);1H. The number of rotatable bonds is 6. The summed E-state index contributed by atoms with van der Waals surface area (Å²) >= 11 is 6.03. The molecule has 2 aromatic heterocycles. The van der Waals surface area contributed by atoms with Crippen molar-refractivity contribution in [3.05, 3.63) is 77.5 Å². The van der Waals surface area contributed by atoms with Gasteiger partial charge in [-0.2, -0.15) is 0 Å². The molecule has 0 fully saturated rings. The number of aliphatic imine (C=N–C) groups is 1. The number of halogens is 2. The van der Waals surface area contributed by atoms with Gasteiger partial charge in [0.2, 0.25) is 0 Å². The van der Waals surface area contributed by atoms with E-state index in [0.717, 1.165) is 34.5 Å². The second-order valence-corrected chi connectivity index (χ2v) is 6.11. The normalized spacial score (nSPS) is 11.0. The first-order chi connectivity index (χ1) is 12.7. The fraction of sp³-hybridized carbons (Fsp3) is 0.211. The zero-order chi connectivity index (χ0) is 18.2. The van der Waals surface area contributed by atoms with Crippen molar-refractivity contribution in [1.82, 2.24) is 25.2 Å². The average Bonchev–Trinajstić information content (AvgIpc) is 3.19. The Hall–Kier alpha value is -2.13. The summed E-state index contributed by atoms with van der Waals surface area (Å²) in [6.07, 6.45) is 7.15. The summed E-state index contributed by atoms with van der Waals surface area (Å²) in [5.41, 5.74) is 2.14. The van der Waals surface area contributed by atoms with Gasteiger partial charge in [0.25, 0.3) is 0 Å². The number of imidazole rings is 1. The highest BCUT2D eigenvalue weighted by atomic mass is 127. The first-order valence-corrected chi connectivity index (χ1v) is 8.82. The highest BCUT2D eigenvalue weighted by molar-refractivity contribution is 14.0.